The molecule has 0 fully saturated rings. The number of nitrogens with two attached hydrogens (primary N) is 1. The molecule has 20 heavy (non-hydrogen) atoms. The molecule has 108 valence electrons. The molecule has 0 atom stereocenters. The molecule has 0 bridgehead atoms. The maximum atomic E-state index is 12.0. The number of fused-ring (bicyclic) bond motifs is 1. The summed E-state index contributed by atoms with van der Waals surface area (Å²) in [6.07, 6.45) is 1.83. The zero-order valence-electron chi connectivity index (χ0n) is 11.7. The Bertz CT molecular complexity index is 578. The molecule has 2 aromatic rings. The number of ether oxygens (including phenoxy) is 1. The highest BCUT2D eigenvalue weighted by Gasteiger charge is 2.09. The normalized spacial score (nSPS) is 10.8. The first-order valence-electron chi connectivity index (χ1n) is 6.95. The SMILES string of the molecule is CCCOCCCNC(=O)c1cc2cccc(N)c2[nH]1. The van der Waals surface area contributed by atoms with Gasteiger partial charge in [0.25, 0.3) is 5.91 Å². The first-order valence-corrected chi connectivity index (χ1v) is 6.95. The number of nitrogens with one attached hydrogen (secondary N) is 2. The average Bonchev–Trinajstić information content (AvgIpc) is 2.88. The van der Waals surface area contributed by atoms with Crippen molar-refractivity contribution in [2.24, 2.45) is 0 Å². The Kier molecular flexibility index (Phi) is 5.01. The fourth-order valence-corrected chi connectivity index (χ4v) is 2.02. The minimum Gasteiger partial charge on any atom is -0.397 e. The van der Waals surface area contributed by atoms with Gasteiger partial charge in [0, 0.05) is 25.1 Å². The number of hydrogen-bond donors (Lipinski definition) is 3. The van der Waals surface area contributed by atoms with Gasteiger partial charge in [-0.15, -0.1) is 0 Å². The summed E-state index contributed by atoms with van der Waals surface area (Å²) in [5.41, 5.74) is 7.85. The van der Waals surface area contributed by atoms with E-state index in [4.69, 9.17) is 10.5 Å². The molecule has 1 aromatic heterocycles. The fraction of sp³-hybridized carbons (Fsp3) is 0.400. The lowest BCUT2D eigenvalue weighted by atomic mass is 10.2. The average molecular weight is 275 g/mol. The molecule has 0 spiro atoms. The van der Waals surface area contributed by atoms with E-state index in [0.29, 0.717) is 24.5 Å². The molecule has 5 nitrogen and oxygen atoms in total. The monoisotopic (exact) mass is 275 g/mol. The summed E-state index contributed by atoms with van der Waals surface area (Å²) in [5.74, 6) is -0.115. The molecule has 0 saturated heterocycles. The van der Waals surface area contributed by atoms with E-state index in [-0.39, 0.29) is 5.91 Å². The number of anilines is 1. The highest BCUT2D eigenvalue weighted by atomic mass is 16.5. The smallest absolute Gasteiger partial charge is 0.267 e. The van der Waals surface area contributed by atoms with E-state index in [1.54, 1.807) is 0 Å². The molecule has 2 rings (SSSR count). The second-order valence-electron chi connectivity index (χ2n) is 4.72. The molecular formula is C15H21N3O2. The zero-order valence-corrected chi connectivity index (χ0v) is 11.7. The third kappa shape index (κ3) is 3.51. The van der Waals surface area contributed by atoms with E-state index in [1.807, 2.05) is 24.3 Å². The van der Waals surface area contributed by atoms with Gasteiger partial charge in [-0.05, 0) is 25.0 Å². The third-order valence-corrected chi connectivity index (χ3v) is 3.03. The molecule has 1 heterocycles. The fourth-order valence-electron chi connectivity index (χ4n) is 2.02. The van der Waals surface area contributed by atoms with Crippen molar-refractivity contribution in [2.75, 3.05) is 25.5 Å². The number of aromatic amines is 1. The van der Waals surface area contributed by atoms with Gasteiger partial charge in [-0.1, -0.05) is 19.1 Å². The molecule has 0 aliphatic rings. The van der Waals surface area contributed by atoms with Gasteiger partial charge in [0.1, 0.15) is 5.69 Å². The van der Waals surface area contributed by atoms with Gasteiger partial charge in [0.05, 0.1) is 11.2 Å². The number of hydrogen-bond acceptors (Lipinski definition) is 3. The summed E-state index contributed by atoms with van der Waals surface area (Å²) >= 11 is 0. The molecule has 0 aliphatic carbocycles. The molecule has 4 N–H and O–H groups in total. The highest BCUT2D eigenvalue weighted by Crippen LogP contribution is 2.20. The lowest BCUT2D eigenvalue weighted by Gasteiger charge is -2.04. The Morgan fingerprint density at radius 2 is 2.25 bits per heavy atom. The predicted octanol–water partition coefficient (Wildman–Crippen LogP) is 2.30. The van der Waals surface area contributed by atoms with E-state index < -0.39 is 0 Å². The maximum absolute atomic E-state index is 12.0. The van der Waals surface area contributed by atoms with E-state index in [1.165, 1.54) is 0 Å². The summed E-state index contributed by atoms with van der Waals surface area (Å²) in [6.45, 7) is 4.12. The Morgan fingerprint density at radius 1 is 1.40 bits per heavy atom. The Labute approximate surface area is 118 Å². The van der Waals surface area contributed by atoms with Gasteiger partial charge in [0.15, 0.2) is 0 Å². The second-order valence-corrected chi connectivity index (χ2v) is 4.72. The third-order valence-electron chi connectivity index (χ3n) is 3.03. The van der Waals surface area contributed by atoms with Crippen LogP contribution in [0.25, 0.3) is 10.9 Å². The van der Waals surface area contributed by atoms with Crippen molar-refractivity contribution in [3.63, 3.8) is 0 Å². The van der Waals surface area contributed by atoms with Crippen LogP contribution in [0.1, 0.15) is 30.3 Å². The van der Waals surface area contributed by atoms with Crippen LogP contribution >= 0.6 is 0 Å². The molecule has 0 saturated carbocycles. The molecule has 5 heteroatoms. The molecule has 0 radical (unpaired) electrons. The van der Waals surface area contributed by atoms with Crippen LogP contribution in [0.4, 0.5) is 5.69 Å². The Morgan fingerprint density at radius 3 is 3.00 bits per heavy atom. The van der Waals surface area contributed by atoms with Gasteiger partial charge in [-0.2, -0.15) is 0 Å². The summed E-state index contributed by atoms with van der Waals surface area (Å²) < 4.78 is 5.36. The molecule has 1 aromatic carbocycles. The van der Waals surface area contributed by atoms with Crippen LogP contribution in [0.5, 0.6) is 0 Å². The van der Waals surface area contributed by atoms with Crippen LogP contribution in [0.3, 0.4) is 0 Å². The number of benzene rings is 1. The molecular weight excluding hydrogens is 254 g/mol. The Hall–Kier alpha value is -2.01. The van der Waals surface area contributed by atoms with Crippen molar-refractivity contribution in [3.8, 4) is 0 Å². The lowest BCUT2D eigenvalue weighted by molar-refractivity contribution is 0.0937. The van der Waals surface area contributed by atoms with Crippen LogP contribution in [-0.2, 0) is 4.74 Å². The van der Waals surface area contributed by atoms with Crippen molar-refractivity contribution >= 4 is 22.5 Å². The minimum atomic E-state index is -0.115. The van der Waals surface area contributed by atoms with Crippen molar-refractivity contribution in [2.45, 2.75) is 19.8 Å². The predicted molar refractivity (Wildman–Crippen MR) is 80.8 cm³/mol. The van der Waals surface area contributed by atoms with E-state index in [0.717, 1.165) is 30.4 Å². The number of carbonyl (C=O) groups excluding carboxylic acids is 1. The van der Waals surface area contributed by atoms with Gasteiger partial charge < -0.3 is 20.8 Å². The number of nitrogen functional groups attached to an aromatic ring is 1. The number of rotatable bonds is 7. The quantitative estimate of drug-likeness (QED) is 0.536. The highest BCUT2D eigenvalue weighted by molar-refractivity contribution is 6.00. The van der Waals surface area contributed by atoms with Gasteiger partial charge >= 0.3 is 0 Å². The first kappa shape index (κ1) is 14.4. The van der Waals surface area contributed by atoms with Crippen LogP contribution in [-0.4, -0.2) is 30.6 Å². The van der Waals surface area contributed by atoms with Gasteiger partial charge in [0.2, 0.25) is 0 Å². The Balaban J connectivity index is 1.86. The summed E-state index contributed by atoms with van der Waals surface area (Å²) in [7, 11) is 0. The van der Waals surface area contributed by atoms with Crippen molar-refractivity contribution in [3.05, 3.63) is 30.0 Å². The first-order chi connectivity index (χ1) is 9.72. The van der Waals surface area contributed by atoms with E-state index >= 15 is 0 Å². The van der Waals surface area contributed by atoms with Crippen molar-refractivity contribution < 1.29 is 9.53 Å². The summed E-state index contributed by atoms with van der Waals surface area (Å²) in [5, 5.41) is 3.81. The zero-order chi connectivity index (χ0) is 14.4. The summed E-state index contributed by atoms with van der Waals surface area (Å²) in [4.78, 5) is 15.0. The topological polar surface area (TPSA) is 80.1 Å². The minimum absolute atomic E-state index is 0.115. The number of amides is 1. The number of H-pyrrole nitrogens is 1. The summed E-state index contributed by atoms with van der Waals surface area (Å²) in [6, 6.07) is 7.43. The van der Waals surface area contributed by atoms with Gasteiger partial charge in [-0.25, -0.2) is 0 Å². The molecule has 0 aliphatic heterocycles. The van der Waals surface area contributed by atoms with Crippen LogP contribution < -0.4 is 11.1 Å². The number of carbonyl (C=O) groups is 1. The maximum Gasteiger partial charge on any atom is 0.267 e. The van der Waals surface area contributed by atoms with E-state index in [2.05, 4.69) is 17.2 Å². The van der Waals surface area contributed by atoms with Crippen LogP contribution in [0, 0.1) is 0 Å². The van der Waals surface area contributed by atoms with Crippen molar-refractivity contribution in [1.82, 2.24) is 10.3 Å². The van der Waals surface area contributed by atoms with Crippen LogP contribution in [0.2, 0.25) is 0 Å². The molecule has 0 unspecified atom stereocenters. The molecule has 1 amide bonds. The van der Waals surface area contributed by atoms with E-state index in [9.17, 15) is 4.79 Å². The number of aromatic nitrogens is 1. The lowest BCUT2D eigenvalue weighted by Crippen LogP contribution is -2.25. The standard InChI is InChI=1S/C15H21N3O2/c1-2-8-20-9-4-7-17-15(19)13-10-11-5-3-6-12(16)14(11)18-13/h3,5-6,10,18H,2,4,7-9,16H2,1H3,(H,17,19). The largest absolute Gasteiger partial charge is 0.397 e. The number of para-hydroxylation sites is 1. The van der Waals surface area contributed by atoms with Gasteiger partial charge in [-0.3, -0.25) is 4.79 Å². The second kappa shape index (κ2) is 6.96. The van der Waals surface area contributed by atoms with Crippen molar-refractivity contribution in [1.29, 1.82) is 0 Å². The van der Waals surface area contributed by atoms with Crippen LogP contribution in [0.15, 0.2) is 24.3 Å².